The van der Waals surface area contributed by atoms with Crippen LogP contribution in [0, 0.1) is 0 Å². The molecule has 0 aromatic rings. The van der Waals surface area contributed by atoms with Crippen LogP contribution in [-0.4, -0.2) is 16.3 Å². The van der Waals surface area contributed by atoms with Crippen LogP contribution in [0.5, 0.6) is 0 Å². The maximum atomic E-state index is 4.50. The maximum Gasteiger partial charge on any atom is 0.0606 e. The molecule has 0 aliphatic heterocycles. The molecule has 0 N–H and O–H groups in total. The van der Waals surface area contributed by atoms with Gasteiger partial charge >= 0.3 is 0 Å². The Labute approximate surface area is 31.6 Å². The first-order chi connectivity index (χ1) is 1.00. The van der Waals surface area contributed by atoms with Gasteiger partial charge in [0.25, 0.3) is 0 Å². The Morgan fingerprint density at radius 1 is 1.25 bits per heavy atom. The second-order valence-electron chi connectivity index (χ2n) is 0. The van der Waals surface area contributed by atoms with Crippen molar-refractivity contribution in [2.45, 2.75) is 14.2 Å². The molecular formula is C2H7B2. The Hall–Kier alpha value is 0.130. The SMILES string of the molecule is C.[B].[B]C. The van der Waals surface area contributed by atoms with Crippen molar-refractivity contribution in [2.75, 3.05) is 0 Å². The zero-order valence-electron chi connectivity index (χ0n) is 2.15. The lowest BCUT2D eigenvalue weighted by molar-refractivity contribution is 2.40. The molecule has 0 aromatic heterocycles. The van der Waals surface area contributed by atoms with Gasteiger partial charge in [-0.25, -0.2) is 0 Å². The second-order valence-corrected chi connectivity index (χ2v) is 0. The molecule has 0 amide bonds. The molecule has 0 aliphatic rings. The predicted molar refractivity (Wildman–Crippen MR) is 24.1 cm³/mol. The van der Waals surface area contributed by atoms with E-state index in [0.29, 0.717) is 0 Å². The molecular weight excluding hydrogens is 45.6 g/mol. The minimum Gasteiger partial charge on any atom is -0.0999 e. The highest BCUT2D eigenvalue weighted by Crippen LogP contribution is 0.960. The van der Waals surface area contributed by atoms with Crippen molar-refractivity contribution in [3.8, 4) is 0 Å². The summed E-state index contributed by atoms with van der Waals surface area (Å²) in [7, 11) is 4.50. The summed E-state index contributed by atoms with van der Waals surface area (Å²) < 4.78 is 0. The lowest BCUT2D eigenvalue weighted by atomic mass is 10.2. The summed E-state index contributed by atoms with van der Waals surface area (Å²) >= 11 is 0. The van der Waals surface area contributed by atoms with Crippen LogP contribution < -0.4 is 0 Å². The summed E-state index contributed by atoms with van der Waals surface area (Å²) in [4.78, 5) is 0. The van der Waals surface area contributed by atoms with E-state index in [9.17, 15) is 0 Å². The molecule has 0 spiro atoms. The van der Waals surface area contributed by atoms with E-state index in [1.807, 2.05) is 0 Å². The molecule has 0 saturated heterocycles. The normalized spacial score (nSPS) is 1.25. The summed E-state index contributed by atoms with van der Waals surface area (Å²) in [6, 6.07) is 0. The highest BCUT2D eigenvalue weighted by atomic mass is 12.6. The van der Waals surface area contributed by atoms with Gasteiger partial charge in [0.1, 0.15) is 0 Å². The fourth-order valence-corrected chi connectivity index (χ4v) is 0. The lowest BCUT2D eigenvalue weighted by Gasteiger charge is -1.02. The molecule has 0 atom stereocenters. The molecule has 2 heteroatoms. The van der Waals surface area contributed by atoms with Gasteiger partial charge in [-0.3, -0.25) is 0 Å². The molecule has 0 heterocycles. The van der Waals surface area contributed by atoms with Crippen LogP contribution >= 0.6 is 0 Å². The van der Waals surface area contributed by atoms with Crippen molar-refractivity contribution >= 4 is 16.3 Å². The van der Waals surface area contributed by atoms with E-state index >= 15 is 0 Å². The van der Waals surface area contributed by atoms with E-state index < -0.39 is 0 Å². The van der Waals surface area contributed by atoms with Gasteiger partial charge in [-0.2, -0.15) is 0 Å². The summed E-state index contributed by atoms with van der Waals surface area (Å²) in [5.74, 6) is 0. The van der Waals surface area contributed by atoms with Crippen molar-refractivity contribution in [3.63, 3.8) is 0 Å². The smallest absolute Gasteiger partial charge is 0.0606 e. The molecule has 5 radical (unpaired) electrons. The van der Waals surface area contributed by atoms with E-state index in [2.05, 4.69) is 7.85 Å². The fourth-order valence-electron chi connectivity index (χ4n) is 0. The van der Waals surface area contributed by atoms with Crippen molar-refractivity contribution < 1.29 is 0 Å². The molecule has 0 rings (SSSR count). The van der Waals surface area contributed by atoms with Crippen molar-refractivity contribution in [1.29, 1.82) is 0 Å². The quantitative estimate of drug-likeness (QED) is 0.351. The molecule has 4 heavy (non-hydrogen) atoms. The first-order valence-electron chi connectivity index (χ1n) is 0.577. The van der Waals surface area contributed by atoms with E-state index in [1.54, 1.807) is 0 Å². The van der Waals surface area contributed by atoms with Crippen LogP contribution in [0.2, 0.25) is 6.82 Å². The minimum absolute atomic E-state index is 0. The third-order valence-corrected chi connectivity index (χ3v) is 0. The third kappa shape index (κ3) is 161. The molecule has 21 valence electrons. The van der Waals surface area contributed by atoms with Crippen LogP contribution in [-0.2, 0) is 0 Å². The average molecular weight is 52.7 g/mol. The topological polar surface area (TPSA) is 0 Å². The van der Waals surface area contributed by atoms with Crippen molar-refractivity contribution in [2.24, 2.45) is 0 Å². The second kappa shape index (κ2) is 842. The number of rotatable bonds is 0. The molecule has 0 bridgehead atoms. The Kier molecular flexibility index (Phi) is 6670. The third-order valence-electron chi connectivity index (χ3n) is 0. The summed E-state index contributed by atoms with van der Waals surface area (Å²) in [6.07, 6.45) is 0. The average Bonchev–Trinajstić information content (AvgIpc) is 1.00. The van der Waals surface area contributed by atoms with Crippen molar-refractivity contribution in [3.05, 3.63) is 0 Å². The summed E-state index contributed by atoms with van der Waals surface area (Å²) in [5.41, 5.74) is 0. The van der Waals surface area contributed by atoms with Crippen LogP contribution in [0.3, 0.4) is 0 Å². The summed E-state index contributed by atoms with van der Waals surface area (Å²) in [5, 5.41) is 0. The molecule has 0 unspecified atom stereocenters. The number of hydrogen-bond acceptors (Lipinski definition) is 0. The monoisotopic (exact) mass is 53.1 g/mol. The minimum atomic E-state index is 0. The fraction of sp³-hybridized carbons (Fsp3) is 1.00. The molecule has 0 aliphatic carbocycles. The van der Waals surface area contributed by atoms with Gasteiger partial charge in [0.05, 0.1) is 7.85 Å². The first kappa shape index (κ1) is 31.7. The van der Waals surface area contributed by atoms with Gasteiger partial charge in [0, 0.05) is 8.41 Å². The van der Waals surface area contributed by atoms with Gasteiger partial charge in [-0.05, 0) is 0 Å². The highest BCUT2D eigenvalue weighted by molar-refractivity contribution is 6.05. The molecule has 0 aromatic carbocycles. The Morgan fingerprint density at radius 2 is 1.25 bits per heavy atom. The Bertz CT molecular complexity index is 4.00. The lowest BCUT2D eigenvalue weighted by Crippen LogP contribution is -1.13. The van der Waals surface area contributed by atoms with Crippen LogP contribution in [0.25, 0.3) is 0 Å². The zero-order valence-corrected chi connectivity index (χ0v) is 2.15. The van der Waals surface area contributed by atoms with E-state index in [4.69, 9.17) is 0 Å². The van der Waals surface area contributed by atoms with Gasteiger partial charge in [0.2, 0.25) is 0 Å². The Balaban J connectivity index is -0.00000000500. The predicted octanol–water partition coefficient (Wildman–Crippen LogP) is 0.458. The van der Waals surface area contributed by atoms with Gasteiger partial charge in [-0.15, -0.1) is 0 Å². The van der Waals surface area contributed by atoms with Gasteiger partial charge in [-0.1, -0.05) is 14.2 Å². The van der Waals surface area contributed by atoms with Crippen LogP contribution in [0.1, 0.15) is 7.43 Å². The molecule has 0 fully saturated rings. The van der Waals surface area contributed by atoms with Crippen LogP contribution in [0.4, 0.5) is 0 Å². The number of hydrogen-bond donors (Lipinski definition) is 0. The summed E-state index contributed by atoms with van der Waals surface area (Å²) in [6.45, 7) is 1.50. The van der Waals surface area contributed by atoms with Gasteiger partial charge in [0.15, 0.2) is 0 Å². The Morgan fingerprint density at radius 3 is 1.25 bits per heavy atom. The van der Waals surface area contributed by atoms with Gasteiger partial charge < -0.3 is 0 Å². The first-order valence-corrected chi connectivity index (χ1v) is 0.577. The van der Waals surface area contributed by atoms with E-state index in [0.717, 1.165) is 0 Å². The van der Waals surface area contributed by atoms with E-state index in [1.165, 1.54) is 6.82 Å². The standard InChI is InChI=1S/CH3B.CH4.B/c1-2;;/h1H3;1H4;. The highest BCUT2D eigenvalue weighted by Gasteiger charge is 0.984. The van der Waals surface area contributed by atoms with E-state index in [-0.39, 0.29) is 15.8 Å². The maximum absolute atomic E-state index is 4.50. The van der Waals surface area contributed by atoms with Crippen LogP contribution in [0.15, 0.2) is 0 Å². The molecule has 0 nitrogen and oxygen atoms in total. The van der Waals surface area contributed by atoms with Crippen molar-refractivity contribution in [1.82, 2.24) is 0 Å². The zero-order chi connectivity index (χ0) is 2.00. The molecule has 0 saturated carbocycles. The largest absolute Gasteiger partial charge is 0.0999 e.